The van der Waals surface area contributed by atoms with Gasteiger partial charge in [-0.1, -0.05) is 56.5 Å². The lowest BCUT2D eigenvalue weighted by molar-refractivity contribution is 0.203. The molecule has 0 bridgehead atoms. The van der Waals surface area contributed by atoms with E-state index in [9.17, 15) is 0 Å². The number of benzene rings is 1. The Balaban J connectivity index is 2.44. The molecule has 2 heteroatoms. The van der Waals surface area contributed by atoms with Crippen LogP contribution in [0.25, 0.3) is 5.57 Å². The predicted octanol–water partition coefficient (Wildman–Crippen LogP) is 4.66. The predicted molar refractivity (Wildman–Crippen MR) is 81.0 cm³/mol. The fraction of sp³-hybridized carbons (Fsp3) is 0.529. The average molecular weight is 262 g/mol. The highest BCUT2D eigenvalue weighted by atomic mass is 16.5. The van der Waals surface area contributed by atoms with Crippen molar-refractivity contribution in [1.29, 1.82) is 0 Å². The highest BCUT2D eigenvalue weighted by molar-refractivity contribution is 5.64. The Hall–Kier alpha value is -1.28. The number of hydrogen-bond acceptors (Lipinski definition) is 2. The summed E-state index contributed by atoms with van der Waals surface area (Å²) in [5, 5.41) is 0. The number of hydrogen-bond donors (Lipinski definition) is 0. The van der Waals surface area contributed by atoms with Crippen molar-refractivity contribution in [3.63, 3.8) is 0 Å². The van der Waals surface area contributed by atoms with E-state index in [1.54, 1.807) is 7.11 Å². The zero-order valence-electron chi connectivity index (χ0n) is 12.2. The molecular formula is C17H26O2. The van der Waals surface area contributed by atoms with E-state index < -0.39 is 0 Å². The second kappa shape index (κ2) is 10.6. The second-order valence-corrected chi connectivity index (χ2v) is 4.68. The normalized spacial score (nSPS) is 11.6. The molecule has 0 saturated carbocycles. The van der Waals surface area contributed by atoms with E-state index in [4.69, 9.17) is 9.47 Å². The summed E-state index contributed by atoms with van der Waals surface area (Å²) in [7, 11) is 1.73. The molecule has 0 radical (unpaired) electrons. The lowest BCUT2D eigenvalue weighted by atomic mass is 10.1. The number of unbranched alkanes of at least 4 members (excludes halogenated alkanes) is 3. The van der Waals surface area contributed by atoms with Crippen molar-refractivity contribution in [1.82, 2.24) is 0 Å². The van der Waals surface area contributed by atoms with Crippen LogP contribution >= 0.6 is 0 Å². The summed E-state index contributed by atoms with van der Waals surface area (Å²) in [6.07, 6.45) is 7.73. The van der Waals surface area contributed by atoms with Gasteiger partial charge in [-0.15, -0.1) is 0 Å². The van der Waals surface area contributed by atoms with Gasteiger partial charge in [-0.2, -0.15) is 0 Å². The van der Waals surface area contributed by atoms with Gasteiger partial charge >= 0.3 is 0 Å². The van der Waals surface area contributed by atoms with Crippen molar-refractivity contribution in [3.05, 3.63) is 42.2 Å². The van der Waals surface area contributed by atoms with E-state index >= 15 is 0 Å². The van der Waals surface area contributed by atoms with Crippen LogP contribution in [0, 0.1) is 0 Å². The number of methoxy groups -OCH3 is 1. The van der Waals surface area contributed by atoms with Gasteiger partial charge in [0.1, 0.15) is 0 Å². The molecule has 2 nitrogen and oxygen atoms in total. The van der Waals surface area contributed by atoms with Crippen molar-refractivity contribution < 1.29 is 9.47 Å². The molecule has 0 aliphatic heterocycles. The monoisotopic (exact) mass is 262 g/mol. The minimum atomic E-state index is 0.722. The third kappa shape index (κ3) is 7.02. The summed E-state index contributed by atoms with van der Waals surface area (Å²) in [6.45, 7) is 3.75. The maximum Gasteiger partial charge on any atom is 0.0873 e. The van der Waals surface area contributed by atoms with Crippen LogP contribution in [-0.2, 0) is 9.47 Å². The zero-order valence-corrected chi connectivity index (χ0v) is 12.2. The van der Waals surface area contributed by atoms with Crippen molar-refractivity contribution in [2.45, 2.75) is 39.0 Å². The molecule has 1 aromatic carbocycles. The van der Waals surface area contributed by atoms with Crippen LogP contribution in [-0.4, -0.2) is 20.3 Å². The summed E-state index contributed by atoms with van der Waals surface area (Å²) in [4.78, 5) is 0. The van der Waals surface area contributed by atoms with Gasteiger partial charge in [0, 0.05) is 7.11 Å². The van der Waals surface area contributed by atoms with Gasteiger partial charge in [0.15, 0.2) is 0 Å². The van der Waals surface area contributed by atoms with Crippen LogP contribution in [0.1, 0.15) is 44.6 Å². The van der Waals surface area contributed by atoms with Gasteiger partial charge in [-0.25, -0.2) is 0 Å². The minimum Gasteiger partial charge on any atom is -0.501 e. The molecule has 0 spiro atoms. The first-order chi connectivity index (χ1) is 9.38. The largest absolute Gasteiger partial charge is 0.501 e. The Labute approximate surface area is 117 Å². The molecule has 0 aliphatic carbocycles. The molecule has 0 aliphatic rings. The molecular weight excluding hydrogens is 236 g/mol. The van der Waals surface area contributed by atoms with Crippen molar-refractivity contribution in [3.8, 4) is 0 Å². The lowest BCUT2D eigenvalue weighted by Gasteiger charge is -2.08. The first-order valence-electron chi connectivity index (χ1n) is 7.23. The quantitative estimate of drug-likeness (QED) is 0.451. The van der Waals surface area contributed by atoms with E-state index in [0.717, 1.165) is 26.1 Å². The molecule has 0 saturated heterocycles. The molecule has 0 atom stereocenters. The summed E-state index contributed by atoms with van der Waals surface area (Å²) in [6, 6.07) is 10.4. The first-order valence-corrected chi connectivity index (χ1v) is 7.23. The van der Waals surface area contributed by atoms with Crippen LogP contribution in [0.2, 0.25) is 0 Å². The van der Waals surface area contributed by atoms with E-state index in [2.05, 4.69) is 31.2 Å². The maximum atomic E-state index is 5.68. The number of rotatable bonds is 10. The van der Waals surface area contributed by atoms with E-state index in [0.29, 0.717) is 0 Å². The SMILES string of the molecule is CCCCCCOC=C(CCOC)c1ccccc1. The fourth-order valence-electron chi connectivity index (χ4n) is 1.91. The average Bonchev–Trinajstić information content (AvgIpc) is 2.46. The lowest BCUT2D eigenvalue weighted by Crippen LogP contribution is -1.95. The van der Waals surface area contributed by atoms with Gasteiger partial charge in [-0.3, -0.25) is 0 Å². The van der Waals surface area contributed by atoms with E-state index in [1.165, 1.54) is 30.4 Å². The molecule has 0 amide bonds. The summed E-state index contributed by atoms with van der Waals surface area (Å²) in [5.74, 6) is 0. The van der Waals surface area contributed by atoms with Crippen molar-refractivity contribution >= 4 is 5.57 Å². The highest BCUT2D eigenvalue weighted by Crippen LogP contribution is 2.18. The van der Waals surface area contributed by atoms with Crippen molar-refractivity contribution in [2.75, 3.05) is 20.3 Å². The summed E-state index contributed by atoms with van der Waals surface area (Å²) >= 11 is 0. The molecule has 106 valence electrons. The molecule has 0 N–H and O–H groups in total. The van der Waals surface area contributed by atoms with E-state index in [-0.39, 0.29) is 0 Å². The van der Waals surface area contributed by atoms with E-state index in [1.807, 2.05) is 12.3 Å². The Morgan fingerprint density at radius 2 is 1.84 bits per heavy atom. The first kappa shape index (κ1) is 15.8. The minimum absolute atomic E-state index is 0.722. The Morgan fingerprint density at radius 1 is 1.05 bits per heavy atom. The van der Waals surface area contributed by atoms with Gasteiger partial charge in [-0.05, 0) is 24.0 Å². The zero-order chi connectivity index (χ0) is 13.8. The van der Waals surface area contributed by atoms with Crippen LogP contribution in [0.5, 0.6) is 0 Å². The maximum absolute atomic E-state index is 5.68. The van der Waals surface area contributed by atoms with Gasteiger partial charge in [0.25, 0.3) is 0 Å². The van der Waals surface area contributed by atoms with Gasteiger partial charge < -0.3 is 9.47 Å². The molecule has 0 unspecified atom stereocenters. The van der Waals surface area contributed by atoms with Crippen LogP contribution in [0.4, 0.5) is 0 Å². The molecule has 0 aromatic heterocycles. The third-order valence-corrected chi connectivity index (χ3v) is 3.06. The van der Waals surface area contributed by atoms with Gasteiger partial charge in [0.05, 0.1) is 19.5 Å². The smallest absolute Gasteiger partial charge is 0.0873 e. The summed E-state index contributed by atoms with van der Waals surface area (Å²) in [5.41, 5.74) is 2.42. The van der Waals surface area contributed by atoms with Crippen molar-refractivity contribution in [2.24, 2.45) is 0 Å². The molecule has 1 aromatic rings. The Bertz CT molecular complexity index is 344. The third-order valence-electron chi connectivity index (χ3n) is 3.06. The molecule has 1 rings (SSSR count). The topological polar surface area (TPSA) is 18.5 Å². The molecule has 0 fully saturated rings. The highest BCUT2D eigenvalue weighted by Gasteiger charge is 2.01. The van der Waals surface area contributed by atoms with Gasteiger partial charge in [0.2, 0.25) is 0 Å². The Kier molecular flexibility index (Phi) is 8.82. The van der Waals surface area contributed by atoms with Crippen LogP contribution < -0.4 is 0 Å². The van der Waals surface area contributed by atoms with Crippen LogP contribution in [0.3, 0.4) is 0 Å². The second-order valence-electron chi connectivity index (χ2n) is 4.68. The number of ether oxygens (including phenoxy) is 2. The standard InChI is InChI=1S/C17H26O2/c1-3-4-5-9-13-19-15-17(12-14-18-2)16-10-7-6-8-11-16/h6-8,10-11,15H,3-5,9,12-14H2,1-2H3. The Morgan fingerprint density at radius 3 is 2.53 bits per heavy atom. The summed E-state index contributed by atoms with van der Waals surface area (Å²) < 4.78 is 10.8. The fourth-order valence-corrected chi connectivity index (χ4v) is 1.91. The molecule has 0 heterocycles. The molecule has 19 heavy (non-hydrogen) atoms. The van der Waals surface area contributed by atoms with Crippen LogP contribution in [0.15, 0.2) is 36.6 Å².